The molecule has 2 aromatic rings. The minimum atomic E-state index is -0.00769. The van der Waals surface area contributed by atoms with Crippen molar-refractivity contribution in [1.82, 2.24) is 4.98 Å². The van der Waals surface area contributed by atoms with E-state index in [1.807, 2.05) is 24.5 Å². The molecule has 18 heavy (non-hydrogen) atoms. The smallest absolute Gasteiger partial charge is 0.0651 e. The molecule has 0 radical (unpaired) electrons. The number of alkyl halides is 1. The lowest BCUT2D eigenvalue weighted by molar-refractivity contribution is 0.729. The van der Waals surface area contributed by atoms with E-state index in [4.69, 9.17) is 11.6 Å². The lowest BCUT2D eigenvalue weighted by atomic mass is 9.92. The molecule has 0 aliphatic heterocycles. The first-order valence-electron chi connectivity index (χ1n) is 6.20. The molecule has 2 heteroatoms. The van der Waals surface area contributed by atoms with Crippen LogP contribution in [0.1, 0.15) is 40.5 Å². The Morgan fingerprint density at radius 1 is 0.944 bits per heavy atom. The molecule has 0 amide bonds. The molecular formula is C16H18ClN. The van der Waals surface area contributed by atoms with Crippen LogP contribution in [-0.2, 0) is 0 Å². The van der Waals surface area contributed by atoms with E-state index in [1.165, 1.54) is 22.3 Å². The van der Waals surface area contributed by atoms with Crippen LogP contribution in [-0.4, -0.2) is 4.98 Å². The standard InChI is InChI=1S/C16H18ClN/c1-11-4-5-15(10-12(11)2)16(17)13(3)14-6-8-18-9-7-14/h4-10,13,16H,1-3H3. The number of hydrogen-bond acceptors (Lipinski definition) is 1. The fourth-order valence-corrected chi connectivity index (χ4v) is 2.34. The summed E-state index contributed by atoms with van der Waals surface area (Å²) in [5, 5.41) is -0.00769. The molecule has 0 aliphatic carbocycles. The summed E-state index contributed by atoms with van der Waals surface area (Å²) in [6.07, 6.45) is 3.63. The predicted octanol–water partition coefficient (Wildman–Crippen LogP) is 4.78. The van der Waals surface area contributed by atoms with Gasteiger partial charge in [-0.25, -0.2) is 0 Å². The van der Waals surface area contributed by atoms with Gasteiger partial charge in [0.1, 0.15) is 0 Å². The SMILES string of the molecule is Cc1ccc(C(Cl)C(C)c2ccncc2)cc1C. The van der Waals surface area contributed by atoms with Gasteiger partial charge in [-0.15, -0.1) is 11.6 Å². The Bertz CT molecular complexity index is 522. The van der Waals surface area contributed by atoms with Crippen molar-refractivity contribution in [3.63, 3.8) is 0 Å². The monoisotopic (exact) mass is 259 g/mol. The molecule has 0 N–H and O–H groups in total. The third-order valence-corrected chi connectivity index (χ3v) is 4.15. The minimum absolute atomic E-state index is 0.00769. The van der Waals surface area contributed by atoms with Crippen molar-refractivity contribution in [2.45, 2.75) is 32.1 Å². The van der Waals surface area contributed by atoms with Crippen LogP contribution in [0.25, 0.3) is 0 Å². The Labute approximate surface area is 114 Å². The molecule has 2 atom stereocenters. The summed E-state index contributed by atoms with van der Waals surface area (Å²) < 4.78 is 0. The fourth-order valence-electron chi connectivity index (χ4n) is 2.06. The van der Waals surface area contributed by atoms with Crippen LogP contribution in [0.5, 0.6) is 0 Å². The highest BCUT2D eigenvalue weighted by molar-refractivity contribution is 6.21. The van der Waals surface area contributed by atoms with Gasteiger partial charge < -0.3 is 0 Å². The van der Waals surface area contributed by atoms with Gasteiger partial charge in [-0.05, 0) is 48.2 Å². The summed E-state index contributed by atoms with van der Waals surface area (Å²) in [6.45, 7) is 6.40. The van der Waals surface area contributed by atoms with Gasteiger partial charge in [-0.2, -0.15) is 0 Å². The first kappa shape index (κ1) is 13.1. The van der Waals surface area contributed by atoms with Gasteiger partial charge in [0.15, 0.2) is 0 Å². The molecule has 1 heterocycles. The third-order valence-electron chi connectivity index (χ3n) is 3.52. The van der Waals surface area contributed by atoms with Gasteiger partial charge in [0, 0.05) is 18.3 Å². The Hall–Kier alpha value is -1.34. The van der Waals surface area contributed by atoms with Crippen molar-refractivity contribution in [3.05, 3.63) is 65.0 Å². The van der Waals surface area contributed by atoms with E-state index < -0.39 is 0 Å². The molecule has 0 spiro atoms. The highest BCUT2D eigenvalue weighted by Gasteiger charge is 2.18. The number of halogens is 1. The van der Waals surface area contributed by atoms with Gasteiger partial charge in [0.25, 0.3) is 0 Å². The first-order chi connectivity index (χ1) is 8.59. The van der Waals surface area contributed by atoms with Crippen molar-refractivity contribution in [2.75, 3.05) is 0 Å². The van der Waals surface area contributed by atoms with Crippen LogP contribution in [0.4, 0.5) is 0 Å². The molecule has 1 aromatic carbocycles. The Kier molecular flexibility index (Phi) is 4.03. The van der Waals surface area contributed by atoms with Crippen molar-refractivity contribution >= 4 is 11.6 Å². The zero-order valence-corrected chi connectivity index (χ0v) is 11.8. The molecule has 0 fully saturated rings. The summed E-state index contributed by atoms with van der Waals surface area (Å²) >= 11 is 6.60. The van der Waals surface area contributed by atoms with Gasteiger partial charge in [0.2, 0.25) is 0 Å². The van der Waals surface area contributed by atoms with Crippen LogP contribution in [0, 0.1) is 13.8 Å². The van der Waals surface area contributed by atoms with Crippen LogP contribution >= 0.6 is 11.6 Å². The summed E-state index contributed by atoms with van der Waals surface area (Å²) in [5.41, 5.74) is 5.01. The lowest BCUT2D eigenvalue weighted by Gasteiger charge is -2.19. The fraction of sp³-hybridized carbons (Fsp3) is 0.312. The van der Waals surface area contributed by atoms with E-state index in [0.717, 1.165) is 0 Å². The quantitative estimate of drug-likeness (QED) is 0.723. The van der Waals surface area contributed by atoms with Gasteiger partial charge in [-0.3, -0.25) is 4.98 Å². The lowest BCUT2D eigenvalue weighted by Crippen LogP contribution is -2.03. The number of hydrogen-bond donors (Lipinski definition) is 0. The Morgan fingerprint density at radius 2 is 1.61 bits per heavy atom. The molecule has 0 bridgehead atoms. The van der Waals surface area contributed by atoms with Crippen molar-refractivity contribution in [2.24, 2.45) is 0 Å². The topological polar surface area (TPSA) is 12.9 Å². The zero-order chi connectivity index (χ0) is 13.1. The maximum atomic E-state index is 6.60. The van der Waals surface area contributed by atoms with Crippen LogP contribution in [0.2, 0.25) is 0 Å². The Morgan fingerprint density at radius 3 is 2.22 bits per heavy atom. The zero-order valence-electron chi connectivity index (χ0n) is 11.0. The average molecular weight is 260 g/mol. The molecule has 1 aromatic heterocycles. The molecular weight excluding hydrogens is 242 g/mol. The van der Waals surface area contributed by atoms with E-state index in [1.54, 1.807) is 0 Å². The van der Waals surface area contributed by atoms with Crippen molar-refractivity contribution < 1.29 is 0 Å². The van der Waals surface area contributed by atoms with E-state index in [-0.39, 0.29) is 11.3 Å². The third kappa shape index (κ3) is 2.73. The second kappa shape index (κ2) is 5.53. The van der Waals surface area contributed by atoms with E-state index in [0.29, 0.717) is 0 Å². The van der Waals surface area contributed by atoms with Crippen LogP contribution in [0.15, 0.2) is 42.7 Å². The summed E-state index contributed by atoms with van der Waals surface area (Å²) in [7, 11) is 0. The minimum Gasteiger partial charge on any atom is -0.265 e. The molecule has 2 unspecified atom stereocenters. The number of nitrogens with zero attached hydrogens (tertiary/aromatic N) is 1. The number of benzene rings is 1. The number of rotatable bonds is 3. The highest BCUT2D eigenvalue weighted by Crippen LogP contribution is 2.36. The molecule has 0 aliphatic rings. The molecule has 2 rings (SSSR count). The van der Waals surface area contributed by atoms with Gasteiger partial charge >= 0.3 is 0 Å². The van der Waals surface area contributed by atoms with Crippen molar-refractivity contribution in [1.29, 1.82) is 0 Å². The summed E-state index contributed by atoms with van der Waals surface area (Å²) in [5.74, 6) is 0.275. The number of aryl methyl sites for hydroxylation is 2. The average Bonchev–Trinajstić information content (AvgIpc) is 2.41. The summed E-state index contributed by atoms with van der Waals surface area (Å²) in [4.78, 5) is 4.04. The van der Waals surface area contributed by atoms with Gasteiger partial charge in [-0.1, -0.05) is 25.1 Å². The maximum Gasteiger partial charge on any atom is 0.0651 e. The normalized spacial score (nSPS) is 14.2. The van der Waals surface area contributed by atoms with E-state index >= 15 is 0 Å². The predicted molar refractivity (Wildman–Crippen MR) is 77.2 cm³/mol. The van der Waals surface area contributed by atoms with Crippen molar-refractivity contribution in [3.8, 4) is 0 Å². The van der Waals surface area contributed by atoms with Gasteiger partial charge in [0.05, 0.1) is 5.38 Å². The summed E-state index contributed by atoms with van der Waals surface area (Å²) in [6, 6.07) is 10.5. The first-order valence-corrected chi connectivity index (χ1v) is 6.64. The largest absolute Gasteiger partial charge is 0.265 e. The van der Waals surface area contributed by atoms with Crippen LogP contribution in [0.3, 0.4) is 0 Å². The molecule has 94 valence electrons. The Balaban J connectivity index is 2.25. The van der Waals surface area contributed by atoms with Crippen LogP contribution < -0.4 is 0 Å². The second-order valence-electron chi connectivity index (χ2n) is 4.81. The second-order valence-corrected chi connectivity index (χ2v) is 5.28. The van der Waals surface area contributed by atoms with E-state index in [9.17, 15) is 0 Å². The van der Waals surface area contributed by atoms with E-state index in [2.05, 4.69) is 44.0 Å². The number of aromatic nitrogens is 1. The maximum absolute atomic E-state index is 6.60. The highest BCUT2D eigenvalue weighted by atomic mass is 35.5. The number of pyridine rings is 1. The molecule has 1 nitrogen and oxygen atoms in total. The molecule has 0 saturated heterocycles. The molecule has 0 saturated carbocycles.